The molecule has 2 aliphatic carbocycles. The van der Waals surface area contributed by atoms with Gasteiger partial charge >= 0.3 is 6.09 Å². The molecule has 5 rings (SSSR count). The molecule has 0 radical (unpaired) electrons. The van der Waals surface area contributed by atoms with Crippen LogP contribution in [-0.2, 0) is 17.6 Å². The zero-order chi connectivity index (χ0) is 21.6. The summed E-state index contributed by atoms with van der Waals surface area (Å²) >= 11 is 6.75. The van der Waals surface area contributed by atoms with E-state index in [4.69, 9.17) is 21.3 Å². The third-order valence-corrected chi connectivity index (χ3v) is 7.47. The summed E-state index contributed by atoms with van der Waals surface area (Å²) in [6.07, 6.45) is 7.14. The fourth-order valence-corrected chi connectivity index (χ4v) is 5.42. The predicted molar refractivity (Wildman–Crippen MR) is 124 cm³/mol. The Hall–Kier alpha value is -2.27. The van der Waals surface area contributed by atoms with Crippen molar-refractivity contribution in [1.82, 2.24) is 14.8 Å². The summed E-state index contributed by atoms with van der Waals surface area (Å²) in [4.78, 5) is 21.7. The third kappa shape index (κ3) is 3.67. The van der Waals surface area contributed by atoms with Crippen molar-refractivity contribution in [1.29, 1.82) is 0 Å². The quantitative estimate of drug-likeness (QED) is 0.636. The summed E-state index contributed by atoms with van der Waals surface area (Å²) in [6, 6.07) is 6.32. The SMILES string of the molecule is C=C(c1ccc2c(Cl)c3c(nc2c1)CCCC3)N1CCN(C(=O)OCCC)C2(CC2)C1. The van der Waals surface area contributed by atoms with Gasteiger partial charge in [-0.3, -0.25) is 9.88 Å². The van der Waals surface area contributed by atoms with Crippen molar-refractivity contribution >= 4 is 34.3 Å². The van der Waals surface area contributed by atoms with E-state index < -0.39 is 0 Å². The number of halogens is 1. The lowest BCUT2D eigenvalue weighted by Gasteiger charge is -2.43. The van der Waals surface area contributed by atoms with Crippen LogP contribution in [0.3, 0.4) is 0 Å². The summed E-state index contributed by atoms with van der Waals surface area (Å²) in [5.74, 6) is 0. The molecule has 1 spiro atoms. The number of rotatable bonds is 4. The molecule has 1 aromatic carbocycles. The summed E-state index contributed by atoms with van der Waals surface area (Å²) in [7, 11) is 0. The van der Waals surface area contributed by atoms with Crippen molar-refractivity contribution in [3.63, 3.8) is 0 Å². The first-order chi connectivity index (χ1) is 15.0. The second kappa shape index (κ2) is 8.01. The van der Waals surface area contributed by atoms with Gasteiger partial charge in [-0.1, -0.05) is 37.2 Å². The number of ether oxygens (including phenoxy) is 1. The van der Waals surface area contributed by atoms with Gasteiger partial charge in [0.15, 0.2) is 0 Å². The first-order valence-electron chi connectivity index (χ1n) is 11.5. The van der Waals surface area contributed by atoms with Crippen molar-refractivity contribution < 1.29 is 9.53 Å². The molecule has 0 atom stereocenters. The topological polar surface area (TPSA) is 45.7 Å². The van der Waals surface area contributed by atoms with Crippen molar-refractivity contribution in [2.24, 2.45) is 0 Å². The summed E-state index contributed by atoms with van der Waals surface area (Å²) < 4.78 is 5.42. The number of amides is 1. The van der Waals surface area contributed by atoms with E-state index in [0.717, 1.165) is 78.1 Å². The fraction of sp³-hybridized carbons (Fsp3) is 0.520. The van der Waals surface area contributed by atoms with E-state index in [-0.39, 0.29) is 11.6 Å². The van der Waals surface area contributed by atoms with Gasteiger partial charge in [0.25, 0.3) is 0 Å². The minimum Gasteiger partial charge on any atom is -0.449 e. The van der Waals surface area contributed by atoms with Crippen LogP contribution in [0.25, 0.3) is 16.6 Å². The number of fused-ring (bicyclic) bond motifs is 2. The van der Waals surface area contributed by atoms with Crippen LogP contribution in [0.15, 0.2) is 24.8 Å². The van der Waals surface area contributed by atoms with Gasteiger partial charge in [-0.05, 0) is 62.1 Å². The number of aryl methyl sites for hydroxylation is 1. The largest absolute Gasteiger partial charge is 0.449 e. The molecule has 2 fully saturated rings. The van der Waals surface area contributed by atoms with Crippen LogP contribution in [0.1, 0.15) is 55.8 Å². The highest BCUT2D eigenvalue weighted by Crippen LogP contribution is 2.46. The highest BCUT2D eigenvalue weighted by atomic mass is 35.5. The Morgan fingerprint density at radius 3 is 2.84 bits per heavy atom. The van der Waals surface area contributed by atoms with E-state index in [1.807, 2.05) is 11.8 Å². The molecule has 6 heteroatoms. The molecular weight excluding hydrogens is 410 g/mol. The van der Waals surface area contributed by atoms with Crippen LogP contribution in [0.4, 0.5) is 4.79 Å². The third-order valence-electron chi connectivity index (χ3n) is 7.04. The van der Waals surface area contributed by atoms with Crippen molar-refractivity contribution in [2.45, 2.75) is 57.4 Å². The van der Waals surface area contributed by atoms with Crippen LogP contribution >= 0.6 is 11.6 Å². The van der Waals surface area contributed by atoms with Crippen LogP contribution in [0.5, 0.6) is 0 Å². The fourth-order valence-electron chi connectivity index (χ4n) is 5.06. The second-order valence-electron chi connectivity index (χ2n) is 9.15. The molecular formula is C25H30ClN3O2. The lowest BCUT2D eigenvalue weighted by atomic mass is 9.94. The number of piperazine rings is 1. The van der Waals surface area contributed by atoms with Crippen molar-refractivity contribution in [2.75, 3.05) is 26.2 Å². The zero-order valence-electron chi connectivity index (χ0n) is 18.3. The molecule has 1 saturated carbocycles. The Bertz CT molecular complexity index is 1050. The average molecular weight is 440 g/mol. The first-order valence-corrected chi connectivity index (χ1v) is 11.9. The summed E-state index contributed by atoms with van der Waals surface area (Å²) in [6.45, 7) is 9.15. The Kier molecular flexibility index (Phi) is 5.33. The van der Waals surface area contributed by atoms with Crippen molar-refractivity contribution in [3.05, 3.63) is 46.6 Å². The molecule has 1 amide bonds. The lowest BCUT2D eigenvalue weighted by Crippen LogP contribution is -2.56. The van der Waals surface area contributed by atoms with E-state index in [9.17, 15) is 4.79 Å². The molecule has 2 heterocycles. The average Bonchev–Trinajstić information content (AvgIpc) is 3.55. The minimum absolute atomic E-state index is 0.0938. The van der Waals surface area contributed by atoms with Crippen LogP contribution in [-0.4, -0.2) is 52.7 Å². The van der Waals surface area contributed by atoms with E-state index in [1.54, 1.807) is 0 Å². The maximum atomic E-state index is 12.5. The van der Waals surface area contributed by atoms with E-state index in [1.165, 1.54) is 18.4 Å². The Labute approximate surface area is 189 Å². The molecule has 1 aliphatic heterocycles. The molecule has 5 nitrogen and oxygen atoms in total. The van der Waals surface area contributed by atoms with Crippen molar-refractivity contribution in [3.8, 4) is 0 Å². The lowest BCUT2D eigenvalue weighted by molar-refractivity contribution is 0.0520. The Balaban J connectivity index is 1.36. The van der Waals surface area contributed by atoms with E-state index >= 15 is 0 Å². The van der Waals surface area contributed by atoms with Crippen LogP contribution in [0, 0.1) is 0 Å². The molecule has 0 unspecified atom stereocenters. The molecule has 31 heavy (non-hydrogen) atoms. The standard InChI is InChI=1S/C25H30ClN3O2/c1-3-14-31-24(30)29-13-12-28(16-25(29)10-11-25)17(2)18-8-9-20-22(15-18)27-21-7-5-4-6-19(21)23(20)26/h8-9,15H,2-7,10-14,16H2,1H3. The molecule has 0 bridgehead atoms. The molecule has 0 N–H and O–H groups in total. The van der Waals surface area contributed by atoms with E-state index in [2.05, 4.69) is 29.7 Å². The predicted octanol–water partition coefficient (Wildman–Crippen LogP) is 5.43. The number of aromatic nitrogens is 1. The smallest absolute Gasteiger partial charge is 0.410 e. The molecule has 1 saturated heterocycles. The Morgan fingerprint density at radius 1 is 1.26 bits per heavy atom. The zero-order valence-corrected chi connectivity index (χ0v) is 19.0. The van der Waals surface area contributed by atoms with E-state index in [0.29, 0.717) is 13.2 Å². The highest BCUT2D eigenvalue weighted by molar-refractivity contribution is 6.36. The number of carbonyl (C=O) groups is 1. The van der Waals surface area contributed by atoms with Gasteiger partial charge in [0.2, 0.25) is 0 Å². The second-order valence-corrected chi connectivity index (χ2v) is 9.53. The van der Waals surface area contributed by atoms with Crippen LogP contribution in [0.2, 0.25) is 5.02 Å². The Morgan fingerprint density at radius 2 is 2.06 bits per heavy atom. The number of hydrogen-bond acceptors (Lipinski definition) is 4. The van der Waals surface area contributed by atoms with Gasteiger partial charge in [-0.2, -0.15) is 0 Å². The maximum absolute atomic E-state index is 12.5. The van der Waals surface area contributed by atoms with Gasteiger partial charge in [-0.25, -0.2) is 4.79 Å². The van der Waals surface area contributed by atoms with Gasteiger partial charge in [0.05, 0.1) is 22.7 Å². The number of benzene rings is 1. The number of nitrogens with zero attached hydrogens (tertiary/aromatic N) is 3. The molecule has 1 aromatic heterocycles. The van der Waals surface area contributed by atoms with Gasteiger partial charge in [-0.15, -0.1) is 0 Å². The first kappa shape index (κ1) is 20.6. The maximum Gasteiger partial charge on any atom is 0.410 e. The minimum atomic E-state index is -0.168. The van der Waals surface area contributed by atoms with Gasteiger partial charge in [0, 0.05) is 36.4 Å². The monoisotopic (exact) mass is 439 g/mol. The molecule has 2 aromatic rings. The van der Waals surface area contributed by atoms with Gasteiger partial charge in [0.1, 0.15) is 0 Å². The van der Waals surface area contributed by atoms with Gasteiger partial charge < -0.3 is 9.64 Å². The summed E-state index contributed by atoms with van der Waals surface area (Å²) in [5, 5.41) is 1.90. The molecule has 164 valence electrons. The number of hydrogen-bond donors (Lipinski definition) is 0. The number of pyridine rings is 1. The highest BCUT2D eigenvalue weighted by Gasteiger charge is 2.54. The normalized spacial score (nSPS) is 19.4. The number of carbonyl (C=O) groups excluding carboxylic acids is 1. The summed E-state index contributed by atoms with van der Waals surface area (Å²) in [5.41, 5.74) is 5.31. The van der Waals surface area contributed by atoms with Crippen LogP contribution < -0.4 is 0 Å². The molecule has 3 aliphatic rings.